The molecule has 12 nitrogen and oxygen atoms in total. The molecule has 0 saturated heterocycles. The Hall–Kier alpha value is -1.38. The van der Waals surface area contributed by atoms with Crippen LogP contribution in [0.15, 0.2) is 0 Å². The van der Waals surface area contributed by atoms with Crippen LogP contribution in [0.1, 0.15) is 323 Å². The molecule has 0 heterocycles. The third kappa shape index (κ3) is 59.0. The molecule has 0 fully saturated rings. The molecule has 0 saturated carbocycles. The highest BCUT2D eigenvalue weighted by molar-refractivity contribution is 5.77. The molecular formula is C70H144N6O6. The number of aliphatic hydroxyl groups is 4. The largest absolute Gasteiger partial charge is 0.392 e. The summed E-state index contributed by atoms with van der Waals surface area (Å²) >= 11 is 0. The molecular weight excluding hydrogens is 1020 g/mol. The molecule has 82 heavy (non-hydrogen) atoms. The lowest BCUT2D eigenvalue weighted by Crippen LogP contribution is -2.43. The first-order valence-corrected chi connectivity index (χ1v) is 36.0. The van der Waals surface area contributed by atoms with Gasteiger partial charge in [0.05, 0.1) is 24.4 Å². The van der Waals surface area contributed by atoms with Crippen molar-refractivity contribution < 1.29 is 30.0 Å². The number of rotatable bonds is 67. The van der Waals surface area contributed by atoms with Crippen molar-refractivity contribution in [2.24, 2.45) is 0 Å². The lowest BCUT2D eigenvalue weighted by molar-refractivity contribution is -0.123. The molecule has 0 radical (unpaired) electrons. The van der Waals surface area contributed by atoms with E-state index >= 15 is 0 Å². The molecule has 0 aromatic heterocycles. The van der Waals surface area contributed by atoms with Crippen molar-refractivity contribution in [3.63, 3.8) is 0 Å². The fourth-order valence-corrected chi connectivity index (χ4v) is 11.6. The van der Waals surface area contributed by atoms with Gasteiger partial charge in [0.2, 0.25) is 11.8 Å². The number of unbranched alkanes of at least 4 members (excludes halogenated alkanes) is 36. The van der Waals surface area contributed by atoms with E-state index in [0.717, 1.165) is 77.5 Å². The Morgan fingerprint density at radius 1 is 0.293 bits per heavy atom. The van der Waals surface area contributed by atoms with Crippen molar-refractivity contribution >= 4 is 11.8 Å². The number of carbonyl (C=O) groups is 2. The van der Waals surface area contributed by atoms with Gasteiger partial charge in [0.15, 0.2) is 0 Å². The van der Waals surface area contributed by atoms with Gasteiger partial charge in [0.1, 0.15) is 0 Å². The van der Waals surface area contributed by atoms with Gasteiger partial charge in [-0.3, -0.25) is 19.4 Å². The highest BCUT2D eigenvalue weighted by Crippen LogP contribution is 2.18. The molecule has 0 spiro atoms. The Morgan fingerprint density at radius 3 is 0.695 bits per heavy atom. The lowest BCUT2D eigenvalue weighted by atomic mass is 10.0. The number of carbonyl (C=O) groups excluding carboxylic acids is 2. The monoisotopic (exact) mass is 1170 g/mol. The summed E-state index contributed by atoms with van der Waals surface area (Å²) in [6, 6.07) is 0. The molecule has 0 aromatic carbocycles. The third-order valence-corrected chi connectivity index (χ3v) is 17.2. The first-order chi connectivity index (χ1) is 39.9. The molecule has 0 aliphatic rings. The van der Waals surface area contributed by atoms with E-state index < -0.39 is 24.4 Å². The van der Waals surface area contributed by atoms with Crippen LogP contribution < -0.4 is 10.6 Å². The smallest absolute Gasteiger partial charge is 0.221 e. The molecule has 0 rings (SSSR count). The number of nitrogens with zero attached hydrogens (tertiary/aromatic N) is 4. The number of nitrogens with one attached hydrogen (secondary N) is 2. The summed E-state index contributed by atoms with van der Waals surface area (Å²) in [4.78, 5) is 34.6. The Labute approximate surface area is 510 Å². The minimum absolute atomic E-state index is 0.0386. The van der Waals surface area contributed by atoms with Crippen LogP contribution >= 0.6 is 0 Å². The van der Waals surface area contributed by atoms with Gasteiger partial charge in [-0.25, -0.2) is 0 Å². The summed E-state index contributed by atoms with van der Waals surface area (Å²) in [7, 11) is 4.07. The van der Waals surface area contributed by atoms with Crippen molar-refractivity contribution in [2.75, 3.05) is 92.6 Å². The summed E-state index contributed by atoms with van der Waals surface area (Å²) in [5.74, 6) is -0.0772. The average molecular weight is 1170 g/mol. The van der Waals surface area contributed by atoms with Crippen LogP contribution in [0.2, 0.25) is 0 Å². The molecule has 0 bridgehead atoms. The SMILES string of the molecule is CCCCCCCCCCCCC(O)CN(CCN(C)CCC(=O)NCCNC(=O)CCN(C)CCN(CC(O)CCCCCCCCCCCC)CC(O)CCCCCCCCCCCC)CC(O)CCCCCCCCCCCC. The minimum Gasteiger partial charge on any atom is -0.392 e. The van der Waals surface area contributed by atoms with Crippen molar-refractivity contribution in [3.05, 3.63) is 0 Å². The summed E-state index contributed by atoms with van der Waals surface area (Å²) in [5.41, 5.74) is 0. The highest BCUT2D eigenvalue weighted by Gasteiger charge is 2.19. The van der Waals surface area contributed by atoms with Gasteiger partial charge in [0.25, 0.3) is 0 Å². The molecule has 12 heteroatoms. The van der Waals surface area contributed by atoms with Crippen molar-refractivity contribution in [2.45, 2.75) is 347 Å². The molecule has 2 amide bonds. The van der Waals surface area contributed by atoms with Crippen LogP contribution in [0.25, 0.3) is 0 Å². The lowest BCUT2D eigenvalue weighted by Gasteiger charge is -2.29. The van der Waals surface area contributed by atoms with E-state index in [1.54, 1.807) is 0 Å². The van der Waals surface area contributed by atoms with E-state index in [-0.39, 0.29) is 11.8 Å². The number of aliphatic hydroxyl groups excluding tert-OH is 4. The van der Waals surface area contributed by atoms with Crippen LogP contribution in [0.4, 0.5) is 0 Å². The van der Waals surface area contributed by atoms with Crippen LogP contribution in [-0.2, 0) is 9.59 Å². The van der Waals surface area contributed by atoms with Gasteiger partial charge in [-0.2, -0.15) is 0 Å². The van der Waals surface area contributed by atoms with Gasteiger partial charge in [-0.05, 0) is 39.8 Å². The Morgan fingerprint density at radius 2 is 0.488 bits per heavy atom. The first-order valence-electron chi connectivity index (χ1n) is 36.0. The second kappa shape index (κ2) is 62.7. The predicted octanol–water partition coefficient (Wildman–Crippen LogP) is 15.2. The maximum atomic E-state index is 12.9. The van der Waals surface area contributed by atoms with Gasteiger partial charge >= 0.3 is 0 Å². The van der Waals surface area contributed by atoms with Crippen molar-refractivity contribution in [1.82, 2.24) is 30.2 Å². The average Bonchev–Trinajstić information content (AvgIpc) is 3.45. The molecule has 4 atom stereocenters. The van der Waals surface area contributed by atoms with Gasteiger partial charge in [-0.1, -0.05) is 285 Å². The fraction of sp³-hybridized carbons (Fsp3) is 0.971. The number of likely N-dealkylation sites (N-methyl/N-ethyl adjacent to an activating group) is 2. The molecule has 6 N–H and O–H groups in total. The summed E-state index contributed by atoms with van der Waals surface area (Å²) < 4.78 is 0. The predicted molar refractivity (Wildman–Crippen MR) is 353 cm³/mol. The maximum Gasteiger partial charge on any atom is 0.221 e. The van der Waals surface area contributed by atoms with Gasteiger partial charge in [0, 0.05) is 91.4 Å². The van der Waals surface area contributed by atoms with Crippen molar-refractivity contribution in [1.29, 1.82) is 0 Å². The molecule has 0 aliphatic carbocycles. The summed E-state index contributed by atoms with van der Waals surface area (Å²) in [5, 5.41) is 50.4. The van der Waals surface area contributed by atoms with E-state index in [4.69, 9.17) is 0 Å². The number of hydrogen-bond acceptors (Lipinski definition) is 10. The summed E-state index contributed by atoms with van der Waals surface area (Å²) in [6.07, 6.45) is 53.4. The Bertz CT molecular complexity index is 1160. The Balaban J connectivity index is 4.82. The quantitative estimate of drug-likeness (QED) is 0.0325. The first kappa shape index (κ1) is 80.6. The third-order valence-electron chi connectivity index (χ3n) is 17.2. The van der Waals surface area contributed by atoms with E-state index in [1.165, 1.54) is 231 Å². The number of hydrogen-bond donors (Lipinski definition) is 6. The van der Waals surface area contributed by atoms with Gasteiger partial charge < -0.3 is 40.9 Å². The zero-order valence-electron chi connectivity index (χ0n) is 55.7. The molecule has 490 valence electrons. The molecule has 0 aliphatic heterocycles. The van der Waals surface area contributed by atoms with Gasteiger partial charge in [-0.15, -0.1) is 0 Å². The zero-order valence-corrected chi connectivity index (χ0v) is 55.7. The number of amides is 2. The fourth-order valence-electron chi connectivity index (χ4n) is 11.6. The normalized spacial score (nSPS) is 13.5. The zero-order chi connectivity index (χ0) is 60.2. The van der Waals surface area contributed by atoms with E-state index in [0.29, 0.717) is 65.2 Å². The maximum absolute atomic E-state index is 12.9. The standard InChI is InChI=1S/C70H144N6O6/c1-7-11-15-19-23-27-31-35-39-43-47-65(77)61-75(62-66(78)48-44-40-36-32-28-24-20-16-12-8-2)59-57-73(5)55-51-69(81)71-53-54-72-70(82)52-56-74(6)58-60-76(63-67(79)49-45-41-37-33-29-25-21-17-13-9-3)64-68(80)50-46-42-38-34-30-26-22-18-14-10-4/h65-68,77-80H,7-64H2,1-6H3,(H,71,81)(H,72,82). The van der Waals surface area contributed by atoms with E-state index in [2.05, 4.69) is 57.9 Å². The topological polar surface area (TPSA) is 152 Å². The van der Waals surface area contributed by atoms with Crippen molar-refractivity contribution in [3.8, 4) is 0 Å². The summed E-state index contributed by atoms with van der Waals surface area (Å²) in [6.45, 7) is 16.2. The molecule has 4 unspecified atom stereocenters. The minimum atomic E-state index is -0.406. The Kier molecular flexibility index (Phi) is 61.6. The van der Waals surface area contributed by atoms with Crippen LogP contribution in [0.5, 0.6) is 0 Å². The second-order valence-electron chi connectivity index (χ2n) is 25.8. The second-order valence-corrected chi connectivity index (χ2v) is 25.8. The van der Waals surface area contributed by atoms with Crippen LogP contribution in [0.3, 0.4) is 0 Å². The van der Waals surface area contributed by atoms with Crippen LogP contribution in [0, 0.1) is 0 Å². The molecule has 0 aromatic rings. The van der Waals surface area contributed by atoms with Crippen LogP contribution in [-0.4, -0.2) is 169 Å². The van der Waals surface area contributed by atoms with E-state index in [9.17, 15) is 30.0 Å². The van der Waals surface area contributed by atoms with E-state index in [1.807, 2.05) is 14.1 Å². The highest BCUT2D eigenvalue weighted by atomic mass is 16.3.